The van der Waals surface area contributed by atoms with Crippen molar-refractivity contribution in [3.05, 3.63) is 0 Å². The average Bonchev–Trinajstić information content (AvgIpc) is 3.09. The Morgan fingerprint density at radius 3 is 2.60 bits per heavy atom. The Morgan fingerprint density at radius 1 is 1.30 bits per heavy atom. The summed E-state index contributed by atoms with van der Waals surface area (Å²) in [5.41, 5.74) is 0. The molecule has 20 heavy (non-hydrogen) atoms. The fraction of sp³-hybridized carbons (Fsp3) is 0.938. The summed E-state index contributed by atoms with van der Waals surface area (Å²) < 4.78 is 5.51. The van der Waals surface area contributed by atoms with Gasteiger partial charge in [0.2, 0.25) is 5.91 Å². The van der Waals surface area contributed by atoms with Crippen LogP contribution in [0.3, 0.4) is 0 Å². The van der Waals surface area contributed by atoms with Crippen molar-refractivity contribution in [2.45, 2.75) is 58.0 Å². The summed E-state index contributed by atoms with van der Waals surface area (Å²) in [6.07, 6.45) is 6.00. The van der Waals surface area contributed by atoms with E-state index in [2.05, 4.69) is 24.1 Å². The van der Waals surface area contributed by atoms with E-state index in [1.54, 1.807) is 0 Å². The van der Waals surface area contributed by atoms with E-state index < -0.39 is 0 Å². The van der Waals surface area contributed by atoms with Crippen molar-refractivity contribution in [3.8, 4) is 0 Å². The van der Waals surface area contributed by atoms with Crippen molar-refractivity contribution in [2.24, 2.45) is 11.8 Å². The second-order valence-corrected chi connectivity index (χ2v) is 6.69. The maximum absolute atomic E-state index is 12.9. The molecule has 0 spiro atoms. The fourth-order valence-electron chi connectivity index (χ4n) is 3.38. The first-order valence-corrected chi connectivity index (χ1v) is 8.19. The molecule has 116 valence electrons. The van der Waals surface area contributed by atoms with Crippen LogP contribution in [-0.2, 0) is 9.53 Å². The third-order valence-corrected chi connectivity index (χ3v) is 4.76. The Bertz CT molecular complexity index is 314. The van der Waals surface area contributed by atoms with Crippen LogP contribution in [0.4, 0.5) is 0 Å². The average molecular weight is 282 g/mol. The molecule has 1 heterocycles. The van der Waals surface area contributed by atoms with Gasteiger partial charge in [0.15, 0.2) is 0 Å². The van der Waals surface area contributed by atoms with Gasteiger partial charge in [-0.05, 0) is 32.2 Å². The van der Waals surface area contributed by atoms with Crippen molar-refractivity contribution in [1.82, 2.24) is 10.2 Å². The highest BCUT2D eigenvalue weighted by molar-refractivity contribution is 5.80. The Labute approximate surface area is 123 Å². The molecule has 2 aliphatic rings. The molecule has 1 N–H and O–H groups in total. The predicted octanol–water partition coefficient (Wildman–Crippen LogP) is 2.04. The van der Waals surface area contributed by atoms with Gasteiger partial charge in [0.1, 0.15) is 0 Å². The van der Waals surface area contributed by atoms with Crippen molar-refractivity contribution >= 4 is 5.91 Å². The molecule has 0 aromatic rings. The Hall–Kier alpha value is -0.610. The number of rotatable bonds is 6. The molecule has 4 heteroatoms. The normalized spacial score (nSPS) is 27.4. The molecule has 1 aliphatic carbocycles. The largest absolute Gasteiger partial charge is 0.379 e. The van der Waals surface area contributed by atoms with Crippen LogP contribution in [0.1, 0.15) is 46.0 Å². The highest BCUT2D eigenvalue weighted by atomic mass is 16.5. The molecular weight excluding hydrogens is 252 g/mol. The van der Waals surface area contributed by atoms with E-state index in [0.29, 0.717) is 31.1 Å². The zero-order valence-corrected chi connectivity index (χ0v) is 13.2. The van der Waals surface area contributed by atoms with E-state index in [1.807, 2.05) is 7.05 Å². The van der Waals surface area contributed by atoms with Gasteiger partial charge in [0.05, 0.1) is 19.1 Å². The molecule has 1 saturated heterocycles. The number of nitrogens with one attached hydrogen (secondary N) is 1. The molecule has 2 fully saturated rings. The van der Waals surface area contributed by atoms with Crippen LogP contribution in [0.25, 0.3) is 0 Å². The van der Waals surface area contributed by atoms with Gasteiger partial charge < -0.3 is 15.0 Å². The van der Waals surface area contributed by atoms with Gasteiger partial charge in [-0.15, -0.1) is 0 Å². The SMILES string of the molecule is CNC1COCC1C(=O)N(CCC(C)C)C1CCCC1. The highest BCUT2D eigenvalue weighted by Crippen LogP contribution is 2.27. The molecule has 0 aromatic carbocycles. The maximum atomic E-state index is 12.9. The molecule has 2 atom stereocenters. The molecule has 1 amide bonds. The van der Waals surface area contributed by atoms with Crippen LogP contribution >= 0.6 is 0 Å². The van der Waals surface area contributed by atoms with Crippen molar-refractivity contribution in [3.63, 3.8) is 0 Å². The Balaban J connectivity index is 2.02. The summed E-state index contributed by atoms with van der Waals surface area (Å²) in [6.45, 7) is 6.61. The minimum atomic E-state index is 0.00719. The van der Waals surface area contributed by atoms with E-state index in [0.717, 1.165) is 13.0 Å². The zero-order valence-electron chi connectivity index (χ0n) is 13.2. The summed E-state index contributed by atoms with van der Waals surface area (Å²) >= 11 is 0. The van der Waals surface area contributed by atoms with E-state index in [1.165, 1.54) is 25.7 Å². The van der Waals surface area contributed by atoms with Crippen LogP contribution in [-0.4, -0.2) is 49.7 Å². The smallest absolute Gasteiger partial charge is 0.229 e. The summed E-state index contributed by atoms with van der Waals surface area (Å²) in [7, 11) is 1.92. The number of hydrogen-bond acceptors (Lipinski definition) is 3. The van der Waals surface area contributed by atoms with Gasteiger partial charge in [-0.1, -0.05) is 26.7 Å². The lowest BCUT2D eigenvalue weighted by molar-refractivity contribution is -0.138. The zero-order chi connectivity index (χ0) is 14.5. The van der Waals surface area contributed by atoms with E-state index in [-0.39, 0.29) is 12.0 Å². The first-order valence-electron chi connectivity index (χ1n) is 8.19. The predicted molar refractivity (Wildman–Crippen MR) is 80.6 cm³/mol. The first-order chi connectivity index (χ1) is 9.63. The fourth-order valence-corrected chi connectivity index (χ4v) is 3.38. The van der Waals surface area contributed by atoms with E-state index >= 15 is 0 Å². The van der Waals surface area contributed by atoms with Gasteiger partial charge in [0.25, 0.3) is 0 Å². The summed E-state index contributed by atoms with van der Waals surface area (Å²) in [5.74, 6) is 0.966. The number of amides is 1. The summed E-state index contributed by atoms with van der Waals surface area (Å²) in [5, 5.41) is 3.23. The number of hydrogen-bond donors (Lipinski definition) is 1. The van der Waals surface area contributed by atoms with Crippen LogP contribution in [0.2, 0.25) is 0 Å². The van der Waals surface area contributed by atoms with Crippen LogP contribution in [0.5, 0.6) is 0 Å². The second-order valence-electron chi connectivity index (χ2n) is 6.69. The Kier molecular flexibility index (Phi) is 5.85. The third-order valence-electron chi connectivity index (χ3n) is 4.76. The molecule has 1 aliphatic heterocycles. The molecule has 4 nitrogen and oxygen atoms in total. The minimum absolute atomic E-state index is 0.00719. The first kappa shape index (κ1) is 15.8. The summed E-state index contributed by atoms with van der Waals surface area (Å²) in [6, 6.07) is 0.657. The molecule has 2 rings (SSSR count). The number of carbonyl (C=O) groups excluding carboxylic acids is 1. The minimum Gasteiger partial charge on any atom is -0.379 e. The lowest BCUT2D eigenvalue weighted by Gasteiger charge is -2.33. The van der Waals surface area contributed by atoms with Crippen LogP contribution in [0.15, 0.2) is 0 Å². The van der Waals surface area contributed by atoms with E-state index in [9.17, 15) is 4.79 Å². The number of carbonyl (C=O) groups is 1. The van der Waals surface area contributed by atoms with E-state index in [4.69, 9.17) is 4.74 Å². The monoisotopic (exact) mass is 282 g/mol. The second kappa shape index (κ2) is 7.41. The maximum Gasteiger partial charge on any atom is 0.229 e. The number of likely N-dealkylation sites (N-methyl/N-ethyl adjacent to an activating group) is 1. The number of nitrogens with zero attached hydrogens (tertiary/aromatic N) is 1. The molecule has 0 bridgehead atoms. The van der Waals surface area contributed by atoms with Crippen molar-refractivity contribution in [2.75, 3.05) is 26.8 Å². The van der Waals surface area contributed by atoms with Crippen LogP contribution in [0, 0.1) is 11.8 Å². The molecule has 0 aromatic heterocycles. The molecule has 0 radical (unpaired) electrons. The van der Waals surface area contributed by atoms with Gasteiger partial charge in [-0.25, -0.2) is 0 Å². The molecular formula is C16H30N2O2. The lowest BCUT2D eigenvalue weighted by Crippen LogP contribution is -2.48. The van der Waals surface area contributed by atoms with Gasteiger partial charge in [-0.3, -0.25) is 4.79 Å². The molecule has 1 saturated carbocycles. The highest BCUT2D eigenvalue weighted by Gasteiger charge is 2.38. The van der Waals surface area contributed by atoms with Gasteiger partial charge in [0, 0.05) is 18.6 Å². The molecule has 2 unspecified atom stereocenters. The third kappa shape index (κ3) is 3.73. The van der Waals surface area contributed by atoms with Crippen LogP contribution < -0.4 is 5.32 Å². The van der Waals surface area contributed by atoms with Crippen molar-refractivity contribution < 1.29 is 9.53 Å². The topological polar surface area (TPSA) is 41.6 Å². The quantitative estimate of drug-likeness (QED) is 0.810. The number of ether oxygens (including phenoxy) is 1. The Morgan fingerprint density at radius 2 is 2.00 bits per heavy atom. The van der Waals surface area contributed by atoms with Crippen molar-refractivity contribution in [1.29, 1.82) is 0 Å². The van der Waals surface area contributed by atoms with Gasteiger partial charge in [-0.2, -0.15) is 0 Å². The van der Waals surface area contributed by atoms with Gasteiger partial charge >= 0.3 is 0 Å². The standard InChI is InChI=1S/C16H30N2O2/c1-12(2)8-9-18(13-6-4-5-7-13)16(19)14-10-20-11-15(14)17-3/h12-15,17H,4-11H2,1-3H3. The summed E-state index contributed by atoms with van der Waals surface area (Å²) in [4.78, 5) is 15.1. The lowest BCUT2D eigenvalue weighted by atomic mass is 9.99.